The van der Waals surface area contributed by atoms with Crippen LogP contribution < -0.4 is 15.2 Å². The summed E-state index contributed by atoms with van der Waals surface area (Å²) in [6.07, 6.45) is 3.85. The molecule has 0 saturated carbocycles. The molecule has 0 bridgehead atoms. The maximum atomic E-state index is 5.43. The topological polar surface area (TPSA) is 44.5 Å². The molecule has 15 heavy (non-hydrogen) atoms. The molecular formula is C12H17NO2. The zero-order valence-corrected chi connectivity index (χ0v) is 9.41. The molecule has 0 radical (unpaired) electrons. The minimum atomic E-state index is 0.514. The summed E-state index contributed by atoms with van der Waals surface area (Å²) in [7, 11) is 3.26. The summed E-state index contributed by atoms with van der Waals surface area (Å²) in [5.74, 6) is 1.49. The quantitative estimate of drug-likeness (QED) is 0.821. The first-order valence-corrected chi connectivity index (χ1v) is 4.82. The van der Waals surface area contributed by atoms with E-state index in [1.165, 1.54) is 0 Å². The first-order valence-electron chi connectivity index (χ1n) is 4.82. The van der Waals surface area contributed by atoms with Gasteiger partial charge >= 0.3 is 0 Å². The van der Waals surface area contributed by atoms with Crippen molar-refractivity contribution < 1.29 is 9.47 Å². The predicted octanol–water partition coefficient (Wildman–Crippen LogP) is 1.98. The Labute approximate surface area is 90.5 Å². The Balaban J connectivity index is 3.25. The molecule has 1 aromatic rings. The highest BCUT2D eigenvalue weighted by molar-refractivity contribution is 5.65. The monoisotopic (exact) mass is 207 g/mol. The first kappa shape index (κ1) is 11.6. The SMILES string of the molecule is COc1ccc(C)c(/C=C/CN)c1OC. The van der Waals surface area contributed by atoms with E-state index in [9.17, 15) is 0 Å². The van der Waals surface area contributed by atoms with Crippen LogP contribution in [0.5, 0.6) is 11.5 Å². The highest BCUT2D eigenvalue weighted by Gasteiger charge is 2.09. The van der Waals surface area contributed by atoms with E-state index >= 15 is 0 Å². The molecule has 82 valence electrons. The van der Waals surface area contributed by atoms with Crippen LogP contribution in [0.1, 0.15) is 11.1 Å². The Morgan fingerprint density at radius 3 is 2.53 bits per heavy atom. The smallest absolute Gasteiger partial charge is 0.168 e. The van der Waals surface area contributed by atoms with Gasteiger partial charge in [0.2, 0.25) is 0 Å². The standard InChI is InChI=1S/C12H17NO2/c1-9-6-7-11(14-2)12(15-3)10(9)5-4-8-13/h4-7H,8,13H2,1-3H3/b5-4+. The zero-order valence-electron chi connectivity index (χ0n) is 9.41. The molecule has 0 spiro atoms. The van der Waals surface area contributed by atoms with Crippen LogP contribution in [0.3, 0.4) is 0 Å². The Bertz CT molecular complexity index is 359. The van der Waals surface area contributed by atoms with E-state index in [1.54, 1.807) is 14.2 Å². The lowest BCUT2D eigenvalue weighted by molar-refractivity contribution is 0.354. The van der Waals surface area contributed by atoms with Crippen molar-refractivity contribution in [3.63, 3.8) is 0 Å². The van der Waals surface area contributed by atoms with Crippen LogP contribution in [0, 0.1) is 6.92 Å². The van der Waals surface area contributed by atoms with Crippen LogP contribution in [0.4, 0.5) is 0 Å². The number of benzene rings is 1. The van der Waals surface area contributed by atoms with Gasteiger partial charge in [-0.1, -0.05) is 18.2 Å². The summed E-state index contributed by atoms with van der Waals surface area (Å²) in [6.45, 7) is 2.54. The van der Waals surface area contributed by atoms with Gasteiger partial charge in [0.25, 0.3) is 0 Å². The van der Waals surface area contributed by atoms with Crippen molar-refractivity contribution in [2.24, 2.45) is 5.73 Å². The van der Waals surface area contributed by atoms with E-state index < -0.39 is 0 Å². The van der Waals surface area contributed by atoms with Gasteiger partial charge in [0.05, 0.1) is 14.2 Å². The first-order chi connectivity index (χ1) is 7.24. The molecule has 0 heterocycles. The molecule has 0 amide bonds. The molecule has 0 fully saturated rings. The zero-order chi connectivity index (χ0) is 11.3. The third kappa shape index (κ3) is 2.50. The molecule has 2 N–H and O–H groups in total. The van der Waals surface area contributed by atoms with Crippen LogP contribution in [-0.4, -0.2) is 20.8 Å². The number of ether oxygens (including phenoxy) is 2. The van der Waals surface area contributed by atoms with Crippen molar-refractivity contribution in [1.29, 1.82) is 0 Å². The lowest BCUT2D eigenvalue weighted by Crippen LogP contribution is -1.96. The van der Waals surface area contributed by atoms with Gasteiger partial charge in [-0.25, -0.2) is 0 Å². The molecule has 0 aliphatic rings. The summed E-state index contributed by atoms with van der Waals surface area (Å²) in [4.78, 5) is 0. The molecule has 0 aliphatic carbocycles. The van der Waals surface area contributed by atoms with Crippen LogP contribution in [0.15, 0.2) is 18.2 Å². The average molecular weight is 207 g/mol. The van der Waals surface area contributed by atoms with Gasteiger partial charge < -0.3 is 15.2 Å². The van der Waals surface area contributed by atoms with Crippen LogP contribution in [-0.2, 0) is 0 Å². The number of methoxy groups -OCH3 is 2. The van der Waals surface area contributed by atoms with Gasteiger partial charge in [-0.2, -0.15) is 0 Å². The minimum absolute atomic E-state index is 0.514. The molecule has 1 aromatic carbocycles. The maximum Gasteiger partial charge on any atom is 0.168 e. The molecule has 0 aromatic heterocycles. The fourth-order valence-electron chi connectivity index (χ4n) is 1.44. The predicted molar refractivity (Wildman–Crippen MR) is 62.4 cm³/mol. The summed E-state index contributed by atoms with van der Waals surface area (Å²) in [6, 6.07) is 3.89. The van der Waals surface area contributed by atoms with E-state index in [0.717, 1.165) is 22.6 Å². The molecule has 0 aliphatic heterocycles. The summed E-state index contributed by atoms with van der Waals surface area (Å²) in [5.41, 5.74) is 7.58. The largest absolute Gasteiger partial charge is 0.493 e. The Kier molecular flexibility index (Phi) is 4.18. The van der Waals surface area contributed by atoms with E-state index in [0.29, 0.717) is 6.54 Å². The van der Waals surface area contributed by atoms with Gasteiger partial charge in [0, 0.05) is 12.1 Å². The number of hydrogen-bond acceptors (Lipinski definition) is 3. The van der Waals surface area contributed by atoms with Crippen molar-refractivity contribution in [1.82, 2.24) is 0 Å². The maximum absolute atomic E-state index is 5.43. The van der Waals surface area contributed by atoms with Gasteiger partial charge in [-0.3, -0.25) is 0 Å². The molecule has 0 unspecified atom stereocenters. The average Bonchev–Trinajstić information content (AvgIpc) is 2.27. The highest BCUT2D eigenvalue weighted by atomic mass is 16.5. The summed E-state index contributed by atoms with van der Waals surface area (Å²) < 4.78 is 10.5. The van der Waals surface area contributed by atoms with Crippen molar-refractivity contribution >= 4 is 6.08 Å². The van der Waals surface area contributed by atoms with E-state index in [2.05, 4.69) is 0 Å². The molecule has 0 atom stereocenters. The van der Waals surface area contributed by atoms with Crippen molar-refractivity contribution in [3.8, 4) is 11.5 Å². The van der Waals surface area contributed by atoms with Crippen LogP contribution in [0.2, 0.25) is 0 Å². The van der Waals surface area contributed by atoms with Crippen molar-refractivity contribution in [2.45, 2.75) is 6.92 Å². The molecule has 0 saturated heterocycles. The molecule has 3 nitrogen and oxygen atoms in total. The fraction of sp³-hybridized carbons (Fsp3) is 0.333. The van der Waals surface area contributed by atoms with Crippen molar-refractivity contribution in [3.05, 3.63) is 29.3 Å². The summed E-state index contributed by atoms with van der Waals surface area (Å²) in [5, 5.41) is 0. The van der Waals surface area contributed by atoms with E-state index in [-0.39, 0.29) is 0 Å². The normalized spacial score (nSPS) is 10.7. The molecular weight excluding hydrogens is 190 g/mol. The molecule has 3 heteroatoms. The third-order valence-corrected chi connectivity index (χ3v) is 2.22. The van der Waals surface area contributed by atoms with Gasteiger partial charge in [0.1, 0.15) is 0 Å². The Hall–Kier alpha value is -1.48. The summed E-state index contributed by atoms with van der Waals surface area (Å²) >= 11 is 0. The number of nitrogens with two attached hydrogens (primary N) is 1. The second-order valence-corrected chi connectivity index (χ2v) is 3.17. The van der Waals surface area contributed by atoms with Crippen LogP contribution >= 0.6 is 0 Å². The number of aryl methyl sites for hydroxylation is 1. The fourth-order valence-corrected chi connectivity index (χ4v) is 1.44. The van der Waals surface area contributed by atoms with Gasteiger partial charge in [0.15, 0.2) is 11.5 Å². The number of rotatable bonds is 4. The van der Waals surface area contributed by atoms with E-state index in [1.807, 2.05) is 31.2 Å². The highest BCUT2D eigenvalue weighted by Crippen LogP contribution is 2.33. The lowest BCUT2D eigenvalue weighted by atomic mass is 10.1. The Morgan fingerprint density at radius 2 is 2.00 bits per heavy atom. The van der Waals surface area contributed by atoms with Gasteiger partial charge in [-0.15, -0.1) is 0 Å². The lowest BCUT2D eigenvalue weighted by Gasteiger charge is -2.12. The minimum Gasteiger partial charge on any atom is -0.493 e. The van der Waals surface area contributed by atoms with Gasteiger partial charge in [-0.05, 0) is 18.6 Å². The Morgan fingerprint density at radius 1 is 1.27 bits per heavy atom. The second kappa shape index (κ2) is 5.41. The van der Waals surface area contributed by atoms with Crippen LogP contribution in [0.25, 0.3) is 6.08 Å². The third-order valence-electron chi connectivity index (χ3n) is 2.22. The second-order valence-electron chi connectivity index (χ2n) is 3.17. The van der Waals surface area contributed by atoms with Crippen molar-refractivity contribution in [2.75, 3.05) is 20.8 Å². The number of hydrogen-bond donors (Lipinski definition) is 1. The van der Waals surface area contributed by atoms with E-state index in [4.69, 9.17) is 15.2 Å². The molecule has 1 rings (SSSR count).